The Hall–Kier alpha value is -2.82. The lowest BCUT2D eigenvalue weighted by atomic mass is 10.1. The monoisotopic (exact) mass is 327 g/mol. The van der Waals surface area contributed by atoms with Gasteiger partial charge in [0.15, 0.2) is 6.61 Å². The Kier molecular flexibility index (Phi) is 6.37. The summed E-state index contributed by atoms with van der Waals surface area (Å²) in [5.41, 5.74) is 2.63. The van der Waals surface area contributed by atoms with Crippen LogP contribution in [0.25, 0.3) is 0 Å². The molecule has 5 nitrogen and oxygen atoms in total. The van der Waals surface area contributed by atoms with Crippen molar-refractivity contribution in [3.8, 4) is 5.75 Å². The van der Waals surface area contributed by atoms with Gasteiger partial charge in [-0.1, -0.05) is 31.2 Å². The molecule has 2 aromatic rings. The molecule has 0 radical (unpaired) electrons. The van der Waals surface area contributed by atoms with E-state index in [1.165, 1.54) is 0 Å². The van der Waals surface area contributed by atoms with E-state index in [4.69, 9.17) is 9.47 Å². The highest BCUT2D eigenvalue weighted by atomic mass is 16.5. The van der Waals surface area contributed by atoms with Crippen molar-refractivity contribution < 1.29 is 19.1 Å². The molecule has 2 aromatic carbocycles. The van der Waals surface area contributed by atoms with Gasteiger partial charge in [-0.05, 0) is 41.8 Å². The van der Waals surface area contributed by atoms with E-state index in [0.717, 1.165) is 23.3 Å². The summed E-state index contributed by atoms with van der Waals surface area (Å²) in [6.45, 7) is 1.74. The van der Waals surface area contributed by atoms with Crippen molar-refractivity contribution in [3.05, 3.63) is 59.7 Å². The molecule has 1 amide bonds. The van der Waals surface area contributed by atoms with E-state index in [1.54, 1.807) is 37.4 Å². The third kappa shape index (κ3) is 5.43. The molecule has 0 aliphatic rings. The van der Waals surface area contributed by atoms with Crippen LogP contribution in [0.2, 0.25) is 0 Å². The maximum atomic E-state index is 11.8. The zero-order valence-corrected chi connectivity index (χ0v) is 13.9. The zero-order chi connectivity index (χ0) is 17.4. The van der Waals surface area contributed by atoms with Crippen molar-refractivity contribution in [2.75, 3.05) is 19.0 Å². The summed E-state index contributed by atoms with van der Waals surface area (Å²) in [7, 11) is 1.58. The largest absolute Gasteiger partial charge is 0.497 e. The minimum Gasteiger partial charge on any atom is -0.497 e. The number of aryl methyl sites for hydroxylation is 1. The van der Waals surface area contributed by atoms with Crippen molar-refractivity contribution >= 4 is 17.6 Å². The van der Waals surface area contributed by atoms with Crippen LogP contribution in [0.15, 0.2) is 48.5 Å². The first-order valence-electron chi connectivity index (χ1n) is 7.78. The molecule has 0 saturated carbocycles. The standard InChI is InChI=1S/C19H21NO4/c1-3-14-5-4-6-16(11-14)20-18(21)13-24-19(22)12-15-7-9-17(23-2)10-8-15/h4-11H,3,12-13H2,1-2H3,(H,20,21). The van der Waals surface area contributed by atoms with E-state index in [-0.39, 0.29) is 18.9 Å². The molecule has 0 bridgehead atoms. The molecular formula is C19H21NO4. The Bertz CT molecular complexity index is 695. The van der Waals surface area contributed by atoms with Crippen LogP contribution in [0, 0.1) is 0 Å². The second-order valence-corrected chi connectivity index (χ2v) is 5.29. The molecule has 5 heteroatoms. The van der Waals surface area contributed by atoms with E-state index in [9.17, 15) is 9.59 Å². The van der Waals surface area contributed by atoms with E-state index in [1.807, 2.05) is 25.1 Å². The van der Waals surface area contributed by atoms with Crippen molar-refractivity contribution in [1.82, 2.24) is 0 Å². The van der Waals surface area contributed by atoms with Crippen LogP contribution >= 0.6 is 0 Å². The Morgan fingerprint density at radius 3 is 2.46 bits per heavy atom. The number of esters is 1. The predicted octanol–water partition coefficient (Wildman–Crippen LogP) is 2.98. The van der Waals surface area contributed by atoms with Crippen molar-refractivity contribution in [3.63, 3.8) is 0 Å². The number of methoxy groups -OCH3 is 1. The third-order valence-electron chi connectivity index (χ3n) is 3.49. The number of benzene rings is 2. The molecular weight excluding hydrogens is 306 g/mol. The Morgan fingerprint density at radius 2 is 1.79 bits per heavy atom. The topological polar surface area (TPSA) is 64.6 Å². The Labute approximate surface area is 141 Å². The molecule has 0 saturated heterocycles. The maximum Gasteiger partial charge on any atom is 0.310 e. The Balaban J connectivity index is 1.78. The SMILES string of the molecule is CCc1cccc(NC(=O)COC(=O)Cc2ccc(OC)cc2)c1. The van der Waals surface area contributed by atoms with Crippen LogP contribution in [0.4, 0.5) is 5.69 Å². The van der Waals surface area contributed by atoms with Gasteiger partial charge >= 0.3 is 5.97 Å². The number of carbonyl (C=O) groups excluding carboxylic acids is 2. The summed E-state index contributed by atoms with van der Waals surface area (Å²) in [5, 5.41) is 2.72. The van der Waals surface area contributed by atoms with Gasteiger partial charge in [0, 0.05) is 5.69 Å². The van der Waals surface area contributed by atoms with Gasteiger partial charge in [-0.3, -0.25) is 9.59 Å². The first-order valence-corrected chi connectivity index (χ1v) is 7.78. The van der Waals surface area contributed by atoms with Gasteiger partial charge in [0.2, 0.25) is 0 Å². The molecule has 0 fully saturated rings. The van der Waals surface area contributed by atoms with E-state index in [2.05, 4.69) is 5.32 Å². The molecule has 0 aliphatic carbocycles. The third-order valence-corrected chi connectivity index (χ3v) is 3.49. The van der Waals surface area contributed by atoms with Gasteiger partial charge in [0.05, 0.1) is 13.5 Å². The number of ether oxygens (including phenoxy) is 2. The van der Waals surface area contributed by atoms with Gasteiger partial charge < -0.3 is 14.8 Å². The number of anilines is 1. The fourth-order valence-corrected chi connectivity index (χ4v) is 2.17. The fraction of sp³-hybridized carbons (Fsp3) is 0.263. The molecule has 0 aliphatic heterocycles. The Morgan fingerprint density at radius 1 is 1.04 bits per heavy atom. The van der Waals surface area contributed by atoms with Crippen molar-refractivity contribution in [2.45, 2.75) is 19.8 Å². The van der Waals surface area contributed by atoms with Crippen molar-refractivity contribution in [1.29, 1.82) is 0 Å². The van der Waals surface area contributed by atoms with Gasteiger partial charge in [-0.15, -0.1) is 0 Å². The lowest BCUT2D eigenvalue weighted by Gasteiger charge is -2.08. The molecule has 2 rings (SSSR count). The highest BCUT2D eigenvalue weighted by Crippen LogP contribution is 2.12. The van der Waals surface area contributed by atoms with Crippen LogP contribution in [-0.2, 0) is 27.2 Å². The van der Waals surface area contributed by atoms with Crippen LogP contribution in [-0.4, -0.2) is 25.6 Å². The van der Waals surface area contributed by atoms with Crippen LogP contribution in [0.5, 0.6) is 5.75 Å². The first-order chi connectivity index (χ1) is 11.6. The zero-order valence-electron chi connectivity index (χ0n) is 13.9. The average Bonchev–Trinajstić information content (AvgIpc) is 2.61. The van der Waals surface area contributed by atoms with Crippen LogP contribution < -0.4 is 10.1 Å². The lowest BCUT2D eigenvalue weighted by Crippen LogP contribution is -2.21. The molecule has 0 heterocycles. The summed E-state index contributed by atoms with van der Waals surface area (Å²) < 4.78 is 10.1. The van der Waals surface area contributed by atoms with E-state index < -0.39 is 5.97 Å². The van der Waals surface area contributed by atoms with E-state index in [0.29, 0.717) is 5.69 Å². The molecule has 126 valence electrons. The first kappa shape index (κ1) is 17.5. The number of hydrogen-bond donors (Lipinski definition) is 1. The normalized spacial score (nSPS) is 10.1. The smallest absolute Gasteiger partial charge is 0.310 e. The molecule has 24 heavy (non-hydrogen) atoms. The van der Waals surface area contributed by atoms with E-state index >= 15 is 0 Å². The summed E-state index contributed by atoms with van der Waals surface area (Å²) in [5.74, 6) is -0.0789. The highest BCUT2D eigenvalue weighted by molar-refractivity contribution is 5.92. The fourth-order valence-electron chi connectivity index (χ4n) is 2.17. The van der Waals surface area contributed by atoms with Gasteiger partial charge in [-0.25, -0.2) is 0 Å². The van der Waals surface area contributed by atoms with Crippen LogP contribution in [0.1, 0.15) is 18.1 Å². The average molecular weight is 327 g/mol. The number of amides is 1. The molecule has 0 unspecified atom stereocenters. The molecule has 0 atom stereocenters. The number of nitrogens with one attached hydrogen (secondary N) is 1. The van der Waals surface area contributed by atoms with Crippen molar-refractivity contribution in [2.24, 2.45) is 0 Å². The lowest BCUT2D eigenvalue weighted by molar-refractivity contribution is -0.146. The minimum atomic E-state index is -0.447. The predicted molar refractivity (Wildman–Crippen MR) is 92.1 cm³/mol. The van der Waals surface area contributed by atoms with Gasteiger partial charge in [-0.2, -0.15) is 0 Å². The minimum absolute atomic E-state index is 0.114. The summed E-state index contributed by atoms with van der Waals surface area (Å²) in [6, 6.07) is 14.7. The molecule has 0 aromatic heterocycles. The number of carbonyl (C=O) groups is 2. The summed E-state index contributed by atoms with van der Waals surface area (Å²) in [6.07, 6.45) is 1.00. The summed E-state index contributed by atoms with van der Waals surface area (Å²) in [4.78, 5) is 23.6. The van der Waals surface area contributed by atoms with Gasteiger partial charge in [0.25, 0.3) is 5.91 Å². The molecule has 0 spiro atoms. The quantitative estimate of drug-likeness (QED) is 0.794. The second-order valence-electron chi connectivity index (χ2n) is 5.29. The highest BCUT2D eigenvalue weighted by Gasteiger charge is 2.09. The number of rotatable bonds is 7. The second kappa shape index (κ2) is 8.72. The van der Waals surface area contributed by atoms with Gasteiger partial charge in [0.1, 0.15) is 5.75 Å². The maximum absolute atomic E-state index is 11.8. The van der Waals surface area contributed by atoms with Crippen LogP contribution in [0.3, 0.4) is 0 Å². The molecule has 1 N–H and O–H groups in total. The number of hydrogen-bond acceptors (Lipinski definition) is 4. The summed E-state index contributed by atoms with van der Waals surface area (Å²) >= 11 is 0.